The van der Waals surface area contributed by atoms with E-state index >= 15 is 0 Å². The van der Waals surface area contributed by atoms with Crippen LogP contribution in [0.25, 0.3) is 0 Å². The number of hydrogen-bond acceptors (Lipinski definition) is 4. The predicted octanol–water partition coefficient (Wildman–Crippen LogP) is 3.14. The first-order valence-electron chi connectivity index (χ1n) is 10.1. The van der Waals surface area contributed by atoms with E-state index < -0.39 is 0 Å². The molecule has 2 aliphatic rings. The zero-order valence-electron chi connectivity index (χ0n) is 16.9. The van der Waals surface area contributed by atoms with Gasteiger partial charge >= 0.3 is 0 Å². The third-order valence-corrected chi connectivity index (χ3v) is 6.12. The summed E-state index contributed by atoms with van der Waals surface area (Å²) in [6.45, 7) is 8.72. The van der Waals surface area contributed by atoms with Crippen LogP contribution in [0.15, 0.2) is 29.1 Å². The molecule has 0 saturated carbocycles. The van der Waals surface area contributed by atoms with Crippen LogP contribution >= 0.6 is 0 Å². The van der Waals surface area contributed by atoms with Crippen LogP contribution in [0.3, 0.4) is 0 Å². The van der Waals surface area contributed by atoms with Crippen molar-refractivity contribution < 1.29 is 4.79 Å². The van der Waals surface area contributed by atoms with Crippen LogP contribution in [0, 0.1) is 19.8 Å². The number of carbonyl (C=O) groups is 1. The van der Waals surface area contributed by atoms with Gasteiger partial charge in [-0.15, -0.1) is 0 Å². The molecule has 0 spiro atoms. The quantitative estimate of drug-likeness (QED) is 0.888. The highest BCUT2D eigenvalue weighted by atomic mass is 16.2. The molecule has 28 heavy (non-hydrogen) atoms. The van der Waals surface area contributed by atoms with E-state index in [2.05, 4.69) is 29.8 Å². The van der Waals surface area contributed by atoms with E-state index in [0.717, 1.165) is 36.5 Å². The van der Waals surface area contributed by atoms with E-state index in [9.17, 15) is 9.59 Å². The van der Waals surface area contributed by atoms with Crippen molar-refractivity contribution in [2.45, 2.75) is 46.0 Å². The SMILES string of the molecule is Cc1cccc(N2CC(c3cc(=O)[nH]c(N4CCCC(C)C4)n3)CC2=O)c1C. The largest absolute Gasteiger partial charge is 0.342 e. The zero-order chi connectivity index (χ0) is 19.8. The Balaban J connectivity index is 1.61. The maximum Gasteiger partial charge on any atom is 0.252 e. The second kappa shape index (κ2) is 7.41. The predicted molar refractivity (Wildman–Crippen MR) is 111 cm³/mol. The van der Waals surface area contributed by atoms with Crippen LogP contribution in [0.5, 0.6) is 0 Å². The summed E-state index contributed by atoms with van der Waals surface area (Å²) in [5.74, 6) is 1.27. The maximum absolute atomic E-state index is 12.7. The van der Waals surface area contributed by atoms with Crippen molar-refractivity contribution in [3.63, 3.8) is 0 Å². The Morgan fingerprint density at radius 2 is 2.00 bits per heavy atom. The molecule has 0 radical (unpaired) electrons. The molecule has 1 amide bonds. The number of benzene rings is 1. The van der Waals surface area contributed by atoms with Crippen molar-refractivity contribution in [3.8, 4) is 0 Å². The number of aromatic amines is 1. The summed E-state index contributed by atoms with van der Waals surface area (Å²) in [6, 6.07) is 7.59. The van der Waals surface area contributed by atoms with Gasteiger partial charge in [0.1, 0.15) is 0 Å². The number of anilines is 2. The number of nitrogens with zero attached hydrogens (tertiary/aromatic N) is 3. The fraction of sp³-hybridized carbons (Fsp3) is 0.500. The van der Waals surface area contributed by atoms with Crippen molar-refractivity contribution in [1.29, 1.82) is 0 Å². The van der Waals surface area contributed by atoms with Crippen LogP contribution in [-0.4, -0.2) is 35.5 Å². The standard InChI is InChI=1S/C22H28N4O2/c1-14-6-5-9-25(12-14)22-23-18(11-20(27)24-22)17-10-21(28)26(13-17)19-8-4-7-15(2)16(19)3/h4,7-8,11,14,17H,5-6,9-10,12-13H2,1-3H3,(H,23,24,27). The normalized spacial score (nSPS) is 22.8. The number of carbonyl (C=O) groups excluding carboxylic acids is 1. The molecule has 1 N–H and O–H groups in total. The Labute approximate surface area is 165 Å². The van der Waals surface area contributed by atoms with Gasteiger partial charge in [0.15, 0.2) is 0 Å². The molecule has 6 heteroatoms. The highest BCUT2D eigenvalue weighted by Crippen LogP contribution is 2.33. The number of aromatic nitrogens is 2. The second-order valence-electron chi connectivity index (χ2n) is 8.31. The summed E-state index contributed by atoms with van der Waals surface area (Å²) >= 11 is 0. The summed E-state index contributed by atoms with van der Waals surface area (Å²) in [7, 11) is 0. The Bertz CT molecular complexity index is 952. The van der Waals surface area contributed by atoms with Gasteiger partial charge in [0.25, 0.3) is 5.56 Å². The van der Waals surface area contributed by atoms with E-state index in [-0.39, 0.29) is 17.4 Å². The molecule has 4 rings (SSSR count). The summed E-state index contributed by atoms with van der Waals surface area (Å²) < 4.78 is 0. The fourth-order valence-corrected chi connectivity index (χ4v) is 4.37. The Hall–Kier alpha value is -2.63. The number of amides is 1. The Morgan fingerprint density at radius 1 is 1.18 bits per heavy atom. The maximum atomic E-state index is 12.7. The molecule has 1 aromatic heterocycles. The zero-order valence-corrected chi connectivity index (χ0v) is 16.9. The van der Waals surface area contributed by atoms with Crippen LogP contribution in [0.1, 0.15) is 48.9 Å². The van der Waals surface area contributed by atoms with Gasteiger partial charge in [-0.25, -0.2) is 4.98 Å². The first kappa shape index (κ1) is 18.7. The van der Waals surface area contributed by atoms with E-state index in [1.807, 2.05) is 24.0 Å². The van der Waals surface area contributed by atoms with Gasteiger partial charge in [-0.3, -0.25) is 14.6 Å². The minimum absolute atomic E-state index is 0.0596. The highest BCUT2D eigenvalue weighted by molar-refractivity contribution is 5.97. The molecule has 2 aliphatic heterocycles. The van der Waals surface area contributed by atoms with Crippen molar-refractivity contribution in [2.75, 3.05) is 29.4 Å². The van der Waals surface area contributed by atoms with E-state index in [4.69, 9.17) is 4.98 Å². The Kier molecular flexibility index (Phi) is 4.96. The van der Waals surface area contributed by atoms with Gasteiger partial charge in [0.05, 0.1) is 5.69 Å². The lowest BCUT2D eigenvalue weighted by atomic mass is 10.0. The fourth-order valence-electron chi connectivity index (χ4n) is 4.37. The third kappa shape index (κ3) is 3.55. The molecular weight excluding hydrogens is 352 g/mol. The molecule has 0 aliphatic carbocycles. The van der Waals surface area contributed by atoms with Crippen molar-refractivity contribution >= 4 is 17.5 Å². The van der Waals surface area contributed by atoms with Gasteiger partial charge in [-0.2, -0.15) is 0 Å². The van der Waals surface area contributed by atoms with Gasteiger partial charge < -0.3 is 9.80 Å². The molecule has 6 nitrogen and oxygen atoms in total. The number of H-pyrrole nitrogens is 1. The summed E-state index contributed by atoms with van der Waals surface area (Å²) in [4.78, 5) is 36.7. The number of rotatable bonds is 3. The molecule has 0 bridgehead atoms. The smallest absolute Gasteiger partial charge is 0.252 e. The lowest BCUT2D eigenvalue weighted by Crippen LogP contribution is -2.36. The van der Waals surface area contributed by atoms with E-state index in [1.54, 1.807) is 6.07 Å². The first-order valence-corrected chi connectivity index (χ1v) is 10.1. The number of hydrogen-bond donors (Lipinski definition) is 1. The molecule has 2 atom stereocenters. The number of aryl methyl sites for hydroxylation is 1. The Morgan fingerprint density at radius 3 is 2.79 bits per heavy atom. The molecule has 3 heterocycles. The molecule has 2 saturated heterocycles. The average Bonchev–Trinajstić information content (AvgIpc) is 3.05. The lowest BCUT2D eigenvalue weighted by molar-refractivity contribution is -0.117. The van der Waals surface area contributed by atoms with Gasteiger partial charge in [-0.1, -0.05) is 19.1 Å². The van der Waals surface area contributed by atoms with Crippen LogP contribution in [0.4, 0.5) is 11.6 Å². The topological polar surface area (TPSA) is 69.3 Å². The monoisotopic (exact) mass is 380 g/mol. The summed E-state index contributed by atoms with van der Waals surface area (Å²) in [5, 5.41) is 0. The molecular formula is C22H28N4O2. The second-order valence-corrected chi connectivity index (χ2v) is 8.31. The highest BCUT2D eigenvalue weighted by Gasteiger charge is 2.34. The van der Waals surface area contributed by atoms with Crippen LogP contribution in [0.2, 0.25) is 0 Å². The molecule has 148 valence electrons. The molecule has 2 aromatic rings. The van der Waals surface area contributed by atoms with Crippen LogP contribution in [-0.2, 0) is 4.79 Å². The lowest BCUT2D eigenvalue weighted by Gasteiger charge is -2.31. The van der Waals surface area contributed by atoms with E-state index in [0.29, 0.717) is 24.8 Å². The number of nitrogens with one attached hydrogen (secondary N) is 1. The van der Waals surface area contributed by atoms with Gasteiger partial charge in [-0.05, 0) is 49.8 Å². The van der Waals surface area contributed by atoms with Gasteiger partial charge in [0.2, 0.25) is 11.9 Å². The summed E-state index contributed by atoms with van der Waals surface area (Å²) in [6.07, 6.45) is 2.71. The summed E-state index contributed by atoms with van der Waals surface area (Å²) in [5.41, 5.74) is 3.83. The minimum atomic E-state index is -0.143. The molecule has 2 unspecified atom stereocenters. The average molecular weight is 380 g/mol. The molecule has 1 aromatic carbocycles. The minimum Gasteiger partial charge on any atom is -0.342 e. The van der Waals surface area contributed by atoms with Gasteiger partial charge in [0, 0.05) is 43.7 Å². The van der Waals surface area contributed by atoms with Crippen molar-refractivity contribution in [1.82, 2.24) is 9.97 Å². The van der Waals surface area contributed by atoms with Crippen molar-refractivity contribution in [3.05, 3.63) is 51.4 Å². The third-order valence-electron chi connectivity index (χ3n) is 6.12. The number of piperidine rings is 1. The van der Waals surface area contributed by atoms with Crippen molar-refractivity contribution in [2.24, 2.45) is 5.92 Å². The first-order chi connectivity index (χ1) is 13.4. The molecule has 2 fully saturated rings. The van der Waals surface area contributed by atoms with E-state index in [1.165, 1.54) is 12.0 Å². The van der Waals surface area contributed by atoms with Crippen LogP contribution < -0.4 is 15.4 Å².